The Morgan fingerprint density at radius 2 is 1.87 bits per heavy atom. The Labute approximate surface area is 181 Å². The third-order valence-corrected chi connectivity index (χ3v) is 5.08. The Balaban J connectivity index is 1.97. The maximum absolute atomic E-state index is 13.2. The van der Waals surface area contributed by atoms with E-state index in [1.165, 1.54) is 0 Å². The van der Waals surface area contributed by atoms with Crippen LogP contribution in [0.5, 0.6) is 11.5 Å². The molecule has 164 valence electrons. The van der Waals surface area contributed by atoms with E-state index in [0.717, 1.165) is 16.7 Å². The summed E-state index contributed by atoms with van der Waals surface area (Å²) in [6.45, 7) is 5.46. The number of amides is 1. The van der Waals surface area contributed by atoms with Gasteiger partial charge in [-0.2, -0.15) is 0 Å². The molecular formula is C24H29N3O4. The number of fused-ring (bicyclic) bond motifs is 1. The van der Waals surface area contributed by atoms with Gasteiger partial charge in [-0.25, -0.2) is 0 Å². The first-order valence-electron chi connectivity index (χ1n) is 10.5. The van der Waals surface area contributed by atoms with E-state index >= 15 is 0 Å². The van der Waals surface area contributed by atoms with Gasteiger partial charge in [0.1, 0.15) is 11.5 Å². The molecule has 3 rings (SSSR count). The molecule has 0 fully saturated rings. The maximum Gasteiger partial charge on any atom is 0.255 e. The van der Waals surface area contributed by atoms with Gasteiger partial charge >= 0.3 is 0 Å². The standard InChI is InChI=1S/C24H29N3O4/c1-3-21(23(25)28)26-16-18-14-17-10-11-20(31-19-8-6-5-7-9-19)15-22(17)27(24(18)29)12-13-30-4-2/h5-11,14-15,21,26H,3-4,12-13,16H2,1-2H3,(H2,25,28). The molecule has 1 unspecified atom stereocenters. The molecule has 1 heterocycles. The van der Waals surface area contributed by atoms with E-state index in [9.17, 15) is 9.59 Å². The molecular weight excluding hydrogens is 394 g/mol. The molecule has 7 nitrogen and oxygen atoms in total. The van der Waals surface area contributed by atoms with Crippen molar-refractivity contribution in [3.63, 3.8) is 0 Å². The number of primary amides is 1. The Kier molecular flexibility index (Phi) is 7.81. The smallest absolute Gasteiger partial charge is 0.255 e. The third kappa shape index (κ3) is 5.71. The summed E-state index contributed by atoms with van der Waals surface area (Å²) in [6, 6.07) is 16.5. The lowest BCUT2D eigenvalue weighted by Crippen LogP contribution is -2.41. The molecule has 3 aromatic rings. The lowest BCUT2D eigenvalue weighted by molar-refractivity contribution is -0.120. The van der Waals surface area contributed by atoms with Crippen LogP contribution in [0.25, 0.3) is 10.9 Å². The van der Waals surface area contributed by atoms with Crippen molar-refractivity contribution in [1.29, 1.82) is 0 Å². The first-order chi connectivity index (χ1) is 15.0. The highest BCUT2D eigenvalue weighted by Gasteiger charge is 2.15. The number of carbonyl (C=O) groups excluding carboxylic acids is 1. The number of hydrogen-bond donors (Lipinski definition) is 2. The SMILES string of the molecule is CCOCCn1c(=O)c(CNC(CC)C(N)=O)cc2ccc(Oc3ccccc3)cc21. The molecule has 0 bridgehead atoms. The molecule has 7 heteroatoms. The predicted octanol–water partition coefficient (Wildman–Crippen LogP) is 3.18. The molecule has 3 N–H and O–H groups in total. The van der Waals surface area contributed by atoms with Crippen molar-refractivity contribution in [3.05, 3.63) is 70.5 Å². The molecule has 0 aliphatic carbocycles. The number of para-hydroxylation sites is 1. The van der Waals surface area contributed by atoms with Crippen molar-refractivity contribution >= 4 is 16.8 Å². The summed E-state index contributed by atoms with van der Waals surface area (Å²) in [7, 11) is 0. The number of benzene rings is 2. The molecule has 31 heavy (non-hydrogen) atoms. The topological polar surface area (TPSA) is 95.6 Å². The van der Waals surface area contributed by atoms with Crippen LogP contribution in [-0.2, 0) is 22.6 Å². The highest BCUT2D eigenvalue weighted by molar-refractivity contribution is 5.81. The lowest BCUT2D eigenvalue weighted by atomic mass is 10.1. The summed E-state index contributed by atoms with van der Waals surface area (Å²) < 4.78 is 13.1. The summed E-state index contributed by atoms with van der Waals surface area (Å²) in [6.07, 6.45) is 0.557. The Hall–Kier alpha value is -3.16. The van der Waals surface area contributed by atoms with Crippen LogP contribution in [0.15, 0.2) is 59.4 Å². The van der Waals surface area contributed by atoms with E-state index in [1.54, 1.807) is 4.57 Å². The lowest BCUT2D eigenvalue weighted by Gasteiger charge is -2.17. The molecule has 2 aromatic carbocycles. The highest BCUT2D eigenvalue weighted by atomic mass is 16.5. The van der Waals surface area contributed by atoms with Crippen LogP contribution in [-0.4, -0.2) is 29.7 Å². The number of hydrogen-bond acceptors (Lipinski definition) is 5. The molecule has 0 aliphatic heterocycles. The Bertz CT molecular complexity index is 1080. The van der Waals surface area contributed by atoms with Crippen LogP contribution in [0.3, 0.4) is 0 Å². The van der Waals surface area contributed by atoms with Crippen molar-refractivity contribution in [1.82, 2.24) is 9.88 Å². The largest absolute Gasteiger partial charge is 0.457 e. The predicted molar refractivity (Wildman–Crippen MR) is 121 cm³/mol. The van der Waals surface area contributed by atoms with E-state index in [2.05, 4.69) is 5.32 Å². The van der Waals surface area contributed by atoms with Crippen LogP contribution >= 0.6 is 0 Å². The minimum atomic E-state index is -0.478. The second-order valence-corrected chi connectivity index (χ2v) is 7.20. The van der Waals surface area contributed by atoms with E-state index in [4.69, 9.17) is 15.2 Å². The van der Waals surface area contributed by atoms with Gasteiger partial charge in [0.2, 0.25) is 5.91 Å². The van der Waals surface area contributed by atoms with Gasteiger partial charge in [0.15, 0.2) is 0 Å². The molecule has 1 aromatic heterocycles. The second-order valence-electron chi connectivity index (χ2n) is 7.20. The van der Waals surface area contributed by atoms with Gasteiger partial charge in [0, 0.05) is 31.3 Å². The minimum absolute atomic E-state index is 0.129. The summed E-state index contributed by atoms with van der Waals surface area (Å²) in [5.41, 5.74) is 6.62. The molecule has 1 atom stereocenters. The molecule has 0 spiro atoms. The maximum atomic E-state index is 13.2. The van der Waals surface area contributed by atoms with Crippen LogP contribution in [0.2, 0.25) is 0 Å². The van der Waals surface area contributed by atoms with Gasteiger partial charge in [-0.3, -0.25) is 9.59 Å². The normalized spacial score (nSPS) is 12.1. The zero-order valence-electron chi connectivity index (χ0n) is 18.0. The molecule has 0 saturated heterocycles. The summed E-state index contributed by atoms with van der Waals surface area (Å²) in [4.78, 5) is 24.8. The molecule has 0 radical (unpaired) electrons. The fourth-order valence-electron chi connectivity index (χ4n) is 3.43. The zero-order valence-corrected chi connectivity index (χ0v) is 18.0. The van der Waals surface area contributed by atoms with Crippen molar-refractivity contribution in [2.24, 2.45) is 5.73 Å². The van der Waals surface area contributed by atoms with Crippen molar-refractivity contribution in [2.45, 2.75) is 39.4 Å². The number of pyridine rings is 1. The second kappa shape index (κ2) is 10.7. The van der Waals surface area contributed by atoms with Crippen molar-refractivity contribution in [3.8, 4) is 11.5 Å². The van der Waals surface area contributed by atoms with E-state index in [1.807, 2.05) is 68.4 Å². The van der Waals surface area contributed by atoms with E-state index < -0.39 is 11.9 Å². The average molecular weight is 424 g/mol. The number of rotatable bonds is 11. The quantitative estimate of drug-likeness (QED) is 0.462. The first-order valence-corrected chi connectivity index (χ1v) is 10.5. The third-order valence-electron chi connectivity index (χ3n) is 5.08. The number of nitrogens with two attached hydrogens (primary N) is 1. The molecule has 0 aliphatic rings. The monoisotopic (exact) mass is 423 g/mol. The number of nitrogens with zero attached hydrogens (tertiary/aromatic N) is 1. The summed E-state index contributed by atoms with van der Waals surface area (Å²) >= 11 is 0. The van der Waals surface area contributed by atoms with Gasteiger partial charge in [0.05, 0.1) is 18.2 Å². The van der Waals surface area contributed by atoms with Gasteiger partial charge in [0.25, 0.3) is 5.56 Å². The Morgan fingerprint density at radius 1 is 1.10 bits per heavy atom. The van der Waals surface area contributed by atoms with E-state index in [0.29, 0.717) is 37.5 Å². The van der Waals surface area contributed by atoms with Gasteiger partial charge in [-0.15, -0.1) is 0 Å². The summed E-state index contributed by atoms with van der Waals surface area (Å²) in [5.74, 6) is 0.944. The van der Waals surface area contributed by atoms with Gasteiger partial charge < -0.3 is 25.1 Å². The van der Waals surface area contributed by atoms with E-state index in [-0.39, 0.29) is 12.1 Å². The molecule has 0 saturated carbocycles. The van der Waals surface area contributed by atoms with Crippen LogP contribution in [0.1, 0.15) is 25.8 Å². The van der Waals surface area contributed by atoms with Crippen molar-refractivity contribution in [2.75, 3.05) is 13.2 Å². The van der Waals surface area contributed by atoms with Gasteiger partial charge in [-0.05, 0) is 49.1 Å². The van der Waals surface area contributed by atoms with Crippen LogP contribution < -0.4 is 21.3 Å². The summed E-state index contributed by atoms with van der Waals surface area (Å²) in [5, 5.41) is 3.99. The molecule has 1 amide bonds. The van der Waals surface area contributed by atoms with Crippen LogP contribution in [0, 0.1) is 0 Å². The number of nitrogens with one attached hydrogen (secondary N) is 1. The fraction of sp³-hybridized carbons (Fsp3) is 0.333. The average Bonchev–Trinajstić information content (AvgIpc) is 2.77. The fourth-order valence-corrected chi connectivity index (χ4v) is 3.43. The number of aromatic nitrogens is 1. The first kappa shape index (κ1) is 22.5. The van der Waals surface area contributed by atoms with Gasteiger partial charge in [-0.1, -0.05) is 25.1 Å². The van der Waals surface area contributed by atoms with Crippen molar-refractivity contribution < 1.29 is 14.3 Å². The highest BCUT2D eigenvalue weighted by Crippen LogP contribution is 2.25. The van der Waals surface area contributed by atoms with Crippen LogP contribution in [0.4, 0.5) is 0 Å². The minimum Gasteiger partial charge on any atom is -0.457 e. The zero-order chi connectivity index (χ0) is 22.2. The Morgan fingerprint density at radius 3 is 2.55 bits per heavy atom. The number of carbonyl (C=O) groups is 1. The number of ether oxygens (including phenoxy) is 2.